The summed E-state index contributed by atoms with van der Waals surface area (Å²) >= 11 is 0. The summed E-state index contributed by atoms with van der Waals surface area (Å²) in [7, 11) is 0. The van der Waals surface area contributed by atoms with E-state index in [1.165, 1.54) is 22.3 Å². The topological polar surface area (TPSA) is 21.1 Å². The second-order valence-electron chi connectivity index (χ2n) is 8.85. The fourth-order valence-electron chi connectivity index (χ4n) is 5.35. The average molecular weight is 447 g/mol. The first-order valence-electron chi connectivity index (χ1n) is 12.0. The molecule has 0 bridgehead atoms. The zero-order valence-corrected chi connectivity index (χ0v) is 19.1. The maximum Gasteiger partial charge on any atom is 0.421 e. The van der Waals surface area contributed by atoms with Crippen molar-refractivity contribution in [3.05, 3.63) is 133 Å². The van der Waals surface area contributed by atoms with E-state index in [9.17, 15) is 0 Å². The van der Waals surface area contributed by atoms with Gasteiger partial charge in [-0.2, -0.15) is 0 Å². The lowest BCUT2D eigenvalue weighted by atomic mass is 9.63. The first-order valence-corrected chi connectivity index (χ1v) is 12.0. The van der Waals surface area contributed by atoms with Crippen molar-refractivity contribution in [2.24, 2.45) is 0 Å². The van der Waals surface area contributed by atoms with Gasteiger partial charge in [0.2, 0.25) is 0 Å². The molecule has 0 saturated heterocycles. The number of nitrogens with zero attached hydrogens (tertiary/aromatic N) is 3. The van der Waals surface area contributed by atoms with E-state index < -0.39 is 0 Å². The summed E-state index contributed by atoms with van der Waals surface area (Å²) in [5.74, 6) is 0.978. The van der Waals surface area contributed by atoms with Gasteiger partial charge in [0.25, 0.3) is 0 Å². The first kappa shape index (κ1) is 19.9. The quantitative estimate of drug-likeness (QED) is 0.273. The van der Waals surface area contributed by atoms with Gasteiger partial charge < -0.3 is 9.29 Å². The standard InChI is InChI=1S/C31H22BN3/c1-3-13-23(14-4-1)32-34(24-15-5-2-6-16-24)29-21-11-9-18-26(29)25-17-7-8-19-27(25)31-33-28-20-10-12-22-30(28)35(31)32/h1-22H. The highest BCUT2D eigenvalue weighted by Gasteiger charge is 2.37. The van der Waals surface area contributed by atoms with Crippen LogP contribution in [0.25, 0.3) is 33.5 Å². The minimum atomic E-state index is -0.129. The van der Waals surface area contributed by atoms with Crippen LogP contribution in [0.5, 0.6) is 0 Å². The van der Waals surface area contributed by atoms with Gasteiger partial charge in [-0.05, 0) is 41.4 Å². The minimum absolute atomic E-state index is 0.129. The Morgan fingerprint density at radius 1 is 0.514 bits per heavy atom. The molecule has 6 aromatic rings. The van der Waals surface area contributed by atoms with Gasteiger partial charge in [0.15, 0.2) is 0 Å². The summed E-state index contributed by atoms with van der Waals surface area (Å²) in [5, 5.41) is 0. The molecule has 35 heavy (non-hydrogen) atoms. The molecule has 0 N–H and O–H groups in total. The molecule has 164 valence electrons. The number of hydrogen-bond acceptors (Lipinski definition) is 2. The van der Waals surface area contributed by atoms with E-state index >= 15 is 0 Å². The van der Waals surface area contributed by atoms with Gasteiger partial charge >= 0.3 is 6.98 Å². The van der Waals surface area contributed by atoms with Crippen LogP contribution >= 0.6 is 0 Å². The number of anilines is 2. The lowest BCUT2D eigenvalue weighted by Gasteiger charge is -2.36. The Kier molecular flexibility index (Phi) is 4.56. The predicted molar refractivity (Wildman–Crippen MR) is 146 cm³/mol. The lowest BCUT2D eigenvalue weighted by Crippen LogP contribution is -2.52. The van der Waals surface area contributed by atoms with Crippen LogP contribution in [0.1, 0.15) is 0 Å². The summed E-state index contributed by atoms with van der Waals surface area (Å²) in [6, 6.07) is 47.3. The van der Waals surface area contributed by atoms with Gasteiger partial charge in [0, 0.05) is 22.5 Å². The third-order valence-electron chi connectivity index (χ3n) is 6.84. The SMILES string of the molecule is c1ccc(B2N(c3ccccc3)c3ccccc3-c3ccccc3-c3nc4ccccc4n32)cc1. The molecule has 0 aliphatic carbocycles. The highest BCUT2D eigenvalue weighted by Crippen LogP contribution is 2.43. The van der Waals surface area contributed by atoms with Crippen molar-refractivity contribution < 1.29 is 0 Å². The monoisotopic (exact) mass is 447 g/mol. The van der Waals surface area contributed by atoms with Gasteiger partial charge in [-0.15, -0.1) is 0 Å². The Morgan fingerprint density at radius 3 is 1.91 bits per heavy atom. The number of rotatable bonds is 2. The molecule has 5 aromatic carbocycles. The van der Waals surface area contributed by atoms with Crippen molar-refractivity contribution in [1.29, 1.82) is 0 Å². The molecule has 4 heteroatoms. The van der Waals surface area contributed by atoms with Crippen LogP contribution in [0.15, 0.2) is 133 Å². The van der Waals surface area contributed by atoms with Gasteiger partial charge in [0.1, 0.15) is 5.82 Å². The second-order valence-corrected chi connectivity index (χ2v) is 8.85. The first-order chi connectivity index (χ1) is 17.4. The maximum absolute atomic E-state index is 5.21. The van der Waals surface area contributed by atoms with E-state index in [-0.39, 0.29) is 6.98 Å². The largest absolute Gasteiger partial charge is 0.421 e. The number of benzene rings is 5. The molecule has 0 amide bonds. The highest BCUT2D eigenvalue weighted by molar-refractivity contribution is 6.78. The Hall–Kier alpha value is -4.57. The molecule has 3 nitrogen and oxygen atoms in total. The van der Waals surface area contributed by atoms with Crippen LogP contribution in [0.2, 0.25) is 0 Å². The van der Waals surface area contributed by atoms with Crippen LogP contribution in [0, 0.1) is 0 Å². The molecule has 7 rings (SSSR count). The van der Waals surface area contributed by atoms with Gasteiger partial charge in [-0.25, -0.2) is 4.98 Å². The molecule has 1 aliphatic rings. The predicted octanol–water partition coefficient (Wildman–Crippen LogP) is 6.77. The third-order valence-corrected chi connectivity index (χ3v) is 6.84. The molecular formula is C31H22BN3. The summed E-state index contributed by atoms with van der Waals surface area (Å²) in [6.07, 6.45) is 0. The van der Waals surface area contributed by atoms with E-state index in [1.54, 1.807) is 0 Å². The molecule has 2 heterocycles. The molecule has 0 spiro atoms. The van der Waals surface area contributed by atoms with Crippen molar-refractivity contribution in [3.8, 4) is 22.5 Å². The second kappa shape index (κ2) is 8.03. The van der Waals surface area contributed by atoms with Crippen molar-refractivity contribution >= 4 is 34.9 Å². The minimum Gasteiger partial charge on any atom is -0.361 e. The molecule has 0 unspecified atom stereocenters. The van der Waals surface area contributed by atoms with Crippen LogP contribution in [-0.2, 0) is 0 Å². The Labute approximate surface area is 205 Å². The number of hydrogen-bond donors (Lipinski definition) is 0. The Balaban J connectivity index is 1.69. The Morgan fingerprint density at radius 2 is 1.11 bits per heavy atom. The molecular weight excluding hydrogens is 425 g/mol. The van der Waals surface area contributed by atoms with E-state index in [2.05, 4.69) is 143 Å². The van der Waals surface area contributed by atoms with Crippen molar-refractivity contribution in [3.63, 3.8) is 0 Å². The molecule has 0 saturated carbocycles. The molecule has 0 atom stereocenters. The summed E-state index contributed by atoms with van der Waals surface area (Å²) in [4.78, 5) is 7.67. The molecule has 1 aliphatic heterocycles. The molecule has 0 radical (unpaired) electrons. The number of fused-ring (bicyclic) bond motifs is 7. The Bertz CT molecular complexity index is 1660. The van der Waals surface area contributed by atoms with Crippen LogP contribution in [-0.4, -0.2) is 16.4 Å². The van der Waals surface area contributed by atoms with E-state index in [0.717, 1.165) is 28.1 Å². The van der Waals surface area contributed by atoms with Gasteiger partial charge in [-0.1, -0.05) is 103 Å². The van der Waals surface area contributed by atoms with E-state index in [1.807, 2.05) is 0 Å². The number of aromatic nitrogens is 2. The highest BCUT2D eigenvalue weighted by atomic mass is 15.2. The van der Waals surface area contributed by atoms with E-state index in [0.29, 0.717) is 0 Å². The molecule has 0 fully saturated rings. The van der Waals surface area contributed by atoms with Crippen LogP contribution in [0.3, 0.4) is 0 Å². The van der Waals surface area contributed by atoms with Crippen molar-refractivity contribution in [1.82, 2.24) is 9.46 Å². The fourth-order valence-corrected chi connectivity index (χ4v) is 5.35. The van der Waals surface area contributed by atoms with Crippen LogP contribution in [0.4, 0.5) is 11.4 Å². The lowest BCUT2D eigenvalue weighted by molar-refractivity contribution is 1.16. The van der Waals surface area contributed by atoms with Gasteiger partial charge in [-0.3, -0.25) is 0 Å². The third kappa shape index (κ3) is 3.11. The maximum atomic E-state index is 5.21. The zero-order chi connectivity index (χ0) is 23.2. The van der Waals surface area contributed by atoms with Crippen LogP contribution < -0.4 is 10.3 Å². The van der Waals surface area contributed by atoms with E-state index in [4.69, 9.17) is 4.98 Å². The summed E-state index contributed by atoms with van der Waals surface area (Å²) < 4.78 is 2.41. The number of para-hydroxylation sites is 4. The number of imidazole rings is 1. The zero-order valence-electron chi connectivity index (χ0n) is 19.1. The fraction of sp³-hybridized carbons (Fsp3) is 0. The normalized spacial score (nSPS) is 12.5. The molecule has 1 aromatic heterocycles. The van der Waals surface area contributed by atoms with Gasteiger partial charge in [0.05, 0.1) is 11.0 Å². The smallest absolute Gasteiger partial charge is 0.361 e. The van der Waals surface area contributed by atoms with Crippen molar-refractivity contribution in [2.75, 3.05) is 4.81 Å². The average Bonchev–Trinajstić information content (AvgIpc) is 3.30. The summed E-state index contributed by atoms with van der Waals surface area (Å²) in [5.41, 5.74) is 9.15. The summed E-state index contributed by atoms with van der Waals surface area (Å²) in [6.45, 7) is -0.129. The van der Waals surface area contributed by atoms with Crippen molar-refractivity contribution in [2.45, 2.75) is 0 Å².